The molecule has 3 nitrogen and oxygen atoms in total. The van der Waals surface area contributed by atoms with Crippen LogP contribution in [0.1, 0.15) is 5.56 Å². The second-order valence-electron chi connectivity index (χ2n) is 4.47. The van der Waals surface area contributed by atoms with Crippen molar-refractivity contribution in [3.05, 3.63) is 51.3 Å². The average molecular weight is 402 g/mol. The van der Waals surface area contributed by atoms with Crippen molar-refractivity contribution < 1.29 is 46.2 Å². The molecule has 0 aliphatic heterocycles. The van der Waals surface area contributed by atoms with Crippen molar-refractivity contribution in [1.29, 1.82) is 0 Å². The van der Waals surface area contributed by atoms with Crippen molar-refractivity contribution >= 4 is 11.6 Å². The van der Waals surface area contributed by atoms with Gasteiger partial charge in [-0.1, -0.05) is 23.7 Å². The molecular formula is C15H13ClF2NO2Y-. The van der Waals surface area contributed by atoms with Gasteiger partial charge in [-0.3, -0.25) is 4.79 Å². The van der Waals surface area contributed by atoms with Gasteiger partial charge in [0.25, 0.3) is 6.43 Å². The molecular weight excluding hydrogens is 389 g/mol. The number of pyridine rings is 1. The van der Waals surface area contributed by atoms with E-state index in [0.717, 1.165) is 10.1 Å². The Bertz CT molecular complexity index is 719. The van der Waals surface area contributed by atoms with E-state index in [1.54, 1.807) is 25.1 Å². The molecule has 0 bridgehead atoms. The zero-order valence-corrected chi connectivity index (χ0v) is 15.7. The number of halogens is 3. The molecule has 0 saturated heterocycles. The molecule has 115 valence electrons. The second-order valence-corrected chi connectivity index (χ2v) is 4.88. The third-order valence-corrected chi connectivity index (χ3v) is 3.34. The van der Waals surface area contributed by atoms with E-state index in [2.05, 4.69) is 6.07 Å². The fraction of sp³-hybridized carbons (Fsp3) is 0.267. The van der Waals surface area contributed by atoms with Crippen LogP contribution in [0.15, 0.2) is 29.1 Å². The first-order valence-electron chi connectivity index (χ1n) is 6.18. The minimum absolute atomic E-state index is 0. The Morgan fingerprint density at radius 1 is 1.41 bits per heavy atom. The van der Waals surface area contributed by atoms with E-state index in [1.165, 1.54) is 13.2 Å². The van der Waals surface area contributed by atoms with Gasteiger partial charge in [0.2, 0.25) is 5.56 Å². The predicted octanol–water partition coefficient (Wildman–Crippen LogP) is 3.55. The molecule has 1 heterocycles. The van der Waals surface area contributed by atoms with Gasteiger partial charge in [0.15, 0.2) is 0 Å². The smallest absolute Gasteiger partial charge is 0.256 e. The average Bonchev–Trinajstić information content (AvgIpc) is 2.44. The molecule has 2 rings (SSSR count). The normalized spacial score (nSPS) is 10.5. The van der Waals surface area contributed by atoms with Gasteiger partial charge in [0, 0.05) is 37.7 Å². The van der Waals surface area contributed by atoms with Gasteiger partial charge in [-0.25, -0.2) is 8.78 Å². The molecule has 7 heteroatoms. The SMILES string of the molecule is COc1ccc(-c2[c-]cc(Cl)c(=O)n2CC(F)F)c(C)c1.[Y]. The van der Waals surface area contributed by atoms with E-state index in [4.69, 9.17) is 16.3 Å². The third kappa shape index (κ3) is 4.15. The summed E-state index contributed by atoms with van der Waals surface area (Å²) in [6.45, 7) is 1.08. The fourth-order valence-electron chi connectivity index (χ4n) is 2.07. The number of hydrogen-bond donors (Lipinski definition) is 0. The molecule has 0 unspecified atom stereocenters. The first-order valence-corrected chi connectivity index (χ1v) is 6.56. The Hall–Kier alpha value is -0.776. The minimum atomic E-state index is -2.66. The predicted molar refractivity (Wildman–Crippen MR) is 77.3 cm³/mol. The first-order chi connectivity index (χ1) is 9.93. The van der Waals surface area contributed by atoms with E-state index in [1.807, 2.05) is 0 Å². The molecule has 1 radical (unpaired) electrons. The number of aryl methyl sites for hydroxylation is 1. The van der Waals surface area contributed by atoms with Crippen LogP contribution in [0.3, 0.4) is 0 Å². The van der Waals surface area contributed by atoms with Crippen molar-refractivity contribution in [1.82, 2.24) is 4.57 Å². The van der Waals surface area contributed by atoms with Gasteiger partial charge in [0.1, 0.15) is 5.75 Å². The summed E-state index contributed by atoms with van der Waals surface area (Å²) in [6, 6.07) is 9.26. The maximum atomic E-state index is 12.7. The molecule has 2 aromatic rings. The molecule has 0 spiro atoms. The Balaban J connectivity index is 0.00000242. The molecule has 0 N–H and O–H groups in total. The number of methoxy groups -OCH3 is 1. The molecule has 0 aliphatic carbocycles. The summed E-state index contributed by atoms with van der Waals surface area (Å²) in [5.41, 5.74) is 1.05. The number of nitrogens with zero attached hydrogens (tertiary/aromatic N) is 1. The van der Waals surface area contributed by atoms with Crippen molar-refractivity contribution in [2.75, 3.05) is 7.11 Å². The maximum absolute atomic E-state index is 12.7. The van der Waals surface area contributed by atoms with Gasteiger partial charge in [0.05, 0.1) is 13.7 Å². The summed E-state index contributed by atoms with van der Waals surface area (Å²) in [4.78, 5) is 12.0. The third-order valence-electron chi connectivity index (χ3n) is 3.06. The van der Waals surface area contributed by atoms with Gasteiger partial charge < -0.3 is 9.30 Å². The van der Waals surface area contributed by atoms with Crippen LogP contribution in [0.25, 0.3) is 11.3 Å². The zero-order valence-electron chi connectivity index (χ0n) is 12.1. The van der Waals surface area contributed by atoms with Crippen molar-refractivity contribution in [3.63, 3.8) is 0 Å². The van der Waals surface area contributed by atoms with E-state index in [-0.39, 0.29) is 43.4 Å². The number of alkyl halides is 2. The Morgan fingerprint density at radius 3 is 2.64 bits per heavy atom. The maximum Gasteiger partial charge on any atom is 0.256 e. The van der Waals surface area contributed by atoms with E-state index in [0.29, 0.717) is 11.3 Å². The van der Waals surface area contributed by atoms with Crippen LogP contribution >= 0.6 is 11.6 Å². The molecule has 0 aliphatic rings. The van der Waals surface area contributed by atoms with Gasteiger partial charge in [-0.2, -0.15) is 23.7 Å². The quantitative estimate of drug-likeness (QED) is 0.734. The Morgan fingerprint density at radius 2 is 2.09 bits per heavy atom. The standard InChI is InChI=1S/C15H13ClF2NO2.Y/c1-9-7-10(21-2)3-4-11(9)13-6-5-12(16)15(20)19(13)8-14(17)18;/h3-5,7,14H,8H2,1-2H3;/q-1;. The molecule has 22 heavy (non-hydrogen) atoms. The van der Waals surface area contributed by atoms with E-state index in [9.17, 15) is 13.6 Å². The van der Waals surface area contributed by atoms with E-state index < -0.39 is 18.5 Å². The summed E-state index contributed by atoms with van der Waals surface area (Å²) >= 11 is 5.71. The van der Waals surface area contributed by atoms with Gasteiger partial charge >= 0.3 is 0 Å². The molecule has 0 atom stereocenters. The van der Waals surface area contributed by atoms with Crippen molar-refractivity contribution in [3.8, 4) is 17.0 Å². The van der Waals surface area contributed by atoms with Gasteiger partial charge in [-0.05, 0) is 12.1 Å². The summed E-state index contributed by atoms with van der Waals surface area (Å²) < 4.78 is 31.5. The van der Waals surface area contributed by atoms with E-state index >= 15 is 0 Å². The van der Waals surface area contributed by atoms with Crippen LogP contribution in [-0.2, 0) is 39.3 Å². The first kappa shape index (κ1) is 19.3. The fourth-order valence-corrected chi connectivity index (χ4v) is 2.22. The number of hydrogen-bond acceptors (Lipinski definition) is 2. The topological polar surface area (TPSA) is 31.2 Å². The summed E-state index contributed by atoms with van der Waals surface area (Å²) in [5, 5.41) is -0.134. The molecule has 0 saturated carbocycles. The van der Waals surface area contributed by atoms with Crippen LogP contribution in [0, 0.1) is 13.0 Å². The summed E-state index contributed by atoms with van der Waals surface area (Å²) in [6.07, 6.45) is -2.66. The van der Waals surface area contributed by atoms with Crippen LogP contribution in [0.2, 0.25) is 5.02 Å². The minimum Gasteiger partial charge on any atom is -0.497 e. The number of ether oxygens (including phenoxy) is 1. The van der Waals surface area contributed by atoms with Crippen LogP contribution in [0.5, 0.6) is 5.75 Å². The molecule has 1 aromatic carbocycles. The summed E-state index contributed by atoms with van der Waals surface area (Å²) in [5.74, 6) is 0.646. The van der Waals surface area contributed by atoms with Crippen molar-refractivity contribution in [2.24, 2.45) is 0 Å². The van der Waals surface area contributed by atoms with Crippen molar-refractivity contribution in [2.45, 2.75) is 19.9 Å². The molecule has 0 fully saturated rings. The monoisotopic (exact) mass is 401 g/mol. The summed E-state index contributed by atoms with van der Waals surface area (Å²) in [7, 11) is 1.54. The number of aromatic nitrogens is 1. The zero-order chi connectivity index (χ0) is 15.6. The molecule has 1 aromatic heterocycles. The van der Waals surface area contributed by atoms with Gasteiger partial charge in [-0.15, -0.1) is 6.07 Å². The second kappa shape index (κ2) is 8.18. The molecule has 0 amide bonds. The largest absolute Gasteiger partial charge is 0.497 e. The Labute approximate surface area is 157 Å². The number of rotatable bonds is 4. The van der Waals surface area contributed by atoms with Crippen LogP contribution in [0.4, 0.5) is 8.78 Å². The Kier molecular flexibility index (Phi) is 7.17. The van der Waals surface area contributed by atoms with Crippen LogP contribution in [-0.4, -0.2) is 18.1 Å². The van der Waals surface area contributed by atoms with Crippen LogP contribution < -0.4 is 10.3 Å². The number of benzene rings is 1.